The Morgan fingerprint density at radius 2 is 2.19 bits per heavy atom. The van der Waals surface area contributed by atoms with Gasteiger partial charge in [0.25, 0.3) is 0 Å². The SMILES string of the molecule is CCCC(CCO)Cn1c(C2CC2)nc2cc(N)ccc21. The van der Waals surface area contributed by atoms with Crippen molar-refractivity contribution in [2.24, 2.45) is 5.92 Å². The minimum Gasteiger partial charge on any atom is -0.399 e. The quantitative estimate of drug-likeness (QED) is 0.768. The number of aromatic nitrogens is 2. The summed E-state index contributed by atoms with van der Waals surface area (Å²) in [4.78, 5) is 4.83. The minimum absolute atomic E-state index is 0.267. The van der Waals surface area contributed by atoms with Crippen LogP contribution in [0, 0.1) is 5.92 Å². The highest BCUT2D eigenvalue weighted by atomic mass is 16.3. The Hall–Kier alpha value is -1.55. The summed E-state index contributed by atoms with van der Waals surface area (Å²) < 4.78 is 2.38. The van der Waals surface area contributed by atoms with Crippen molar-refractivity contribution in [2.45, 2.75) is 51.5 Å². The van der Waals surface area contributed by atoms with E-state index in [2.05, 4.69) is 17.6 Å². The number of aliphatic hydroxyl groups excluding tert-OH is 1. The topological polar surface area (TPSA) is 64.1 Å². The summed E-state index contributed by atoms with van der Waals surface area (Å²) in [5.41, 5.74) is 8.86. The molecule has 1 atom stereocenters. The molecule has 1 aliphatic carbocycles. The molecule has 21 heavy (non-hydrogen) atoms. The van der Waals surface area contributed by atoms with Crippen LogP contribution >= 0.6 is 0 Å². The van der Waals surface area contributed by atoms with Crippen molar-refractivity contribution in [1.82, 2.24) is 9.55 Å². The summed E-state index contributed by atoms with van der Waals surface area (Å²) >= 11 is 0. The Balaban J connectivity index is 1.96. The van der Waals surface area contributed by atoms with E-state index in [1.54, 1.807) is 0 Å². The fourth-order valence-electron chi connectivity index (χ4n) is 3.19. The third-order valence-corrected chi connectivity index (χ3v) is 4.42. The first-order valence-electron chi connectivity index (χ1n) is 8.09. The van der Waals surface area contributed by atoms with E-state index in [-0.39, 0.29) is 6.61 Å². The second-order valence-corrected chi connectivity index (χ2v) is 6.27. The lowest BCUT2D eigenvalue weighted by Gasteiger charge is -2.18. The normalized spacial score (nSPS) is 16.5. The highest BCUT2D eigenvalue weighted by Crippen LogP contribution is 2.41. The standard InChI is InChI=1S/C17H25N3O/c1-2-3-12(8-9-21)11-20-16-7-6-14(18)10-15(16)19-17(20)13-4-5-13/h6-7,10,12-13,21H,2-5,8-9,11,18H2,1H3. The largest absolute Gasteiger partial charge is 0.399 e. The molecule has 3 rings (SSSR count). The summed E-state index contributed by atoms with van der Waals surface area (Å²) in [5, 5.41) is 9.29. The average molecular weight is 287 g/mol. The molecule has 3 N–H and O–H groups in total. The van der Waals surface area contributed by atoms with E-state index in [1.807, 2.05) is 12.1 Å². The Kier molecular flexibility index (Phi) is 4.15. The monoisotopic (exact) mass is 287 g/mol. The molecule has 0 amide bonds. The maximum Gasteiger partial charge on any atom is 0.113 e. The summed E-state index contributed by atoms with van der Waals surface area (Å²) in [7, 11) is 0. The van der Waals surface area contributed by atoms with Gasteiger partial charge in [-0.2, -0.15) is 0 Å². The molecule has 1 heterocycles. The van der Waals surface area contributed by atoms with Gasteiger partial charge in [0.15, 0.2) is 0 Å². The number of benzene rings is 1. The van der Waals surface area contributed by atoms with E-state index in [0.29, 0.717) is 11.8 Å². The van der Waals surface area contributed by atoms with E-state index in [0.717, 1.165) is 37.0 Å². The number of aliphatic hydroxyl groups is 1. The van der Waals surface area contributed by atoms with Crippen molar-refractivity contribution in [3.05, 3.63) is 24.0 Å². The van der Waals surface area contributed by atoms with Gasteiger partial charge in [-0.05, 0) is 49.8 Å². The highest BCUT2D eigenvalue weighted by Gasteiger charge is 2.30. The van der Waals surface area contributed by atoms with Gasteiger partial charge < -0.3 is 15.4 Å². The zero-order valence-corrected chi connectivity index (χ0v) is 12.8. The van der Waals surface area contributed by atoms with Crippen LogP contribution < -0.4 is 5.73 Å². The average Bonchev–Trinajstić information content (AvgIpc) is 3.23. The van der Waals surface area contributed by atoms with Crippen LogP contribution in [0.5, 0.6) is 0 Å². The van der Waals surface area contributed by atoms with Crippen LogP contribution in [-0.4, -0.2) is 21.3 Å². The summed E-state index contributed by atoms with van der Waals surface area (Å²) in [6, 6.07) is 6.02. The number of nitrogens with zero attached hydrogens (tertiary/aromatic N) is 2. The van der Waals surface area contributed by atoms with Gasteiger partial charge in [0.2, 0.25) is 0 Å². The number of nitrogens with two attached hydrogens (primary N) is 1. The lowest BCUT2D eigenvalue weighted by molar-refractivity contribution is 0.240. The molecular weight excluding hydrogens is 262 g/mol. The van der Waals surface area contributed by atoms with Gasteiger partial charge in [0, 0.05) is 24.8 Å². The smallest absolute Gasteiger partial charge is 0.113 e. The first kappa shape index (κ1) is 14.4. The fourth-order valence-corrected chi connectivity index (χ4v) is 3.19. The molecule has 0 radical (unpaired) electrons. The summed E-state index contributed by atoms with van der Waals surface area (Å²) in [5.74, 6) is 2.36. The molecule has 4 nitrogen and oxygen atoms in total. The second-order valence-electron chi connectivity index (χ2n) is 6.27. The first-order valence-corrected chi connectivity index (χ1v) is 8.09. The number of hydrogen-bond donors (Lipinski definition) is 2. The van der Waals surface area contributed by atoms with Crippen molar-refractivity contribution in [2.75, 3.05) is 12.3 Å². The van der Waals surface area contributed by atoms with Crippen LogP contribution in [0.15, 0.2) is 18.2 Å². The Morgan fingerprint density at radius 3 is 2.86 bits per heavy atom. The van der Waals surface area contributed by atoms with Gasteiger partial charge in [-0.1, -0.05) is 13.3 Å². The van der Waals surface area contributed by atoms with Gasteiger partial charge >= 0.3 is 0 Å². The van der Waals surface area contributed by atoms with Crippen molar-refractivity contribution in [1.29, 1.82) is 0 Å². The van der Waals surface area contributed by atoms with Crippen LogP contribution in [0.1, 0.15) is 50.8 Å². The third kappa shape index (κ3) is 3.05. The van der Waals surface area contributed by atoms with E-state index in [1.165, 1.54) is 24.2 Å². The van der Waals surface area contributed by atoms with Crippen molar-refractivity contribution in [3.8, 4) is 0 Å². The van der Waals surface area contributed by atoms with E-state index < -0.39 is 0 Å². The minimum atomic E-state index is 0.267. The van der Waals surface area contributed by atoms with Gasteiger partial charge in [-0.25, -0.2) is 4.98 Å². The first-order chi connectivity index (χ1) is 10.2. The van der Waals surface area contributed by atoms with Gasteiger partial charge in [0.05, 0.1) is 11.0 Å². The second kappa shape index (κ2) is 6.06. The molecule has 2 aromatic rings. The van der Waals surface area contributed by atoms with Crippen LogP contribution in [0.4, 0.5) is 5.69 Å². The van der Waals surface area contributed by atoms with Gasteiger partial charge in [-0.15, -0.1) is 0 Å². The number of rotatable bonds is 7. The van der Waals surface area contributed by atoms with E-state index >= 15 is 0 Å². The maximum absolute atomic E-state index is 9.29. The van der Waals surface area contributed by atoms with Crippen LogP contribution in [0.3, 0.4) is 0 Å². The molecular formula is C17H25N3O. The Morgan fingerprint density at radius 1 is 1.38 bits per heavy atom. The molecule has 4 heteroatoms. The van der Waals surface area contributed by atoms with E-state index in [9.17, 15) is 5.11 Å². The number of anilines is 1. The maximum atomic E-state index is 9.29. The fraction of sp³-hybridized carbons (Fsp3) is 0.588. The number of imidazole rings is 1. The molecule has 0 spiro atoms. The van der Waals surface area contributed by atoms with Gasteiger partial charge in [-0.3, -0.25) is 0 Å². The summed E-state index contributed by atoms with van der Waals surface area (Å²) in [6.07, 6.45) is 5.67. The molecule has 0 saturated heterocycles. The molecule has 114 valence electrons. The molecule has 0 bridgehead atoms. The van der Waals surface area contributed by atoms with Crippen molar-refractivity contribution >= 4 is 16.7 Å². The lowest BCUT2D eigenvalue weighted by atomic mass is 10.00. The third-order valence-electron chi connectivity index (χ3n) is 4.42. The molecule has 1 unspecified atom stereocenters. The molecule has 1 aromatic carbocycles. The van der Waals surface area contributed by atoms with Gasteiger partial charge in [0.1, 0.15) is 5.82 Å². The van der Waals surface area contributed by atoms with Crippen LogP contribution in [0.25, 0.3) is 11.0 Å². The van der Waals surface area contributed by atoms with Crippen molar-refractivity contribution in [3.63, 3.8) is 0 Å². The van der Waals surface area contributed by atoms with Crippen molar-refractivity contribution < 1.29 is 5.11 Å². The van der Waals surface area contributed by atoms with Crippen LogP contribution in [-0.2, 0) is 6.54 Å². The number of nitrogen functional groups attached to an aromatic ring is 1. The summed E-state index contributed by atoms with van der Waals surface area (Å²) in [6.45, 7) is 3.43. The predicted molar refractivity (Wildman–Crippen MR) is 86.2 cm³/mol. The highest BCUT2D eigenvalue weighted by molar-refractivity contribution is 5.79. The molecule has 1 aliphatic rings. The zero-order valence-electron chi connectivity index (χ0n) is 12.8. The number of hydrogen-bond acceptors (Lipinski definition) is 3. The molecule has 1 saturated carbocycles. The van der Waals surface area contributed by atoms with E-state index in [4.69, 9.17) is 10.7 Å². The number of fused-ring (bicyclic) bond motifs is 1. The predicted octanol–water partition coefficient (Wildman–Crippen LogP) is 3.29. The molecule has 1 fully saturated rings. The molecule has 0 aliphatic heterocycles. The Bertz CT molecular complexity index is 610. The Labute approximate surface area is 126 Å². The molecule has 1 aromatic heterocycles. The lowest BCUT2D eigenvalue weighted by Crippen LogP contribution is -2.14. The van der Waals surface area contributed by atoms with Crippen LogP contribution in [0.2, 0.25) is 0 Å². The zero-order chi connectivity index (χ0) is 14.8.